The molecule has 0 unspecified atom stereocenters. The van der Waals surface area contributed by atoms with Crippen LogP contribution in [0.4, 0.5) is 11.5 Å². The highest BCUT2D eigenvalue weighted by Gasteiger charge is 2.26. The van der Waals surface area contributed by atoms with E-state index in [4.69, 9.17) is 9.47 Å². The zero-order chi connectivity index (χ0) is 17.4. The van der Waals surface area contributed by atoms with Gasteiger partial charge in [-0.05, 0) is 41.8 Å². The van der Waals surface area contributed by atoms with Gasteiger partial charge in [0.15, 0.2) is 17.3 Å². The number of hydrogen-bond acceptors (Lipinski definition) is 4. The maximum atomic E-state index is 5.43. The third-order valence-electron chi connectivity index (χ3n) is 4.71. The van der Waals surface area contributed by atoms with Crippen LogP contribution in [0.3, 0.4) is 0 Å². The molecule has 4 rings (SSSR count). The summed E-state index contributed by atoms with van der Waals surface area (Å²) in [6, 6.07) is 12.5. The first-order chi connectivity index (χ1) is 12.2. The number of nitrogens with one attached hydrogen (secondary N) is 2. The number of anilines is 2. The summed E-state index contributed by atoms with van der Waals surface area (Å²) in [6.45, 7) is 2.16. The van der Waals surface area contributed by atoms with E-state index in [9.17, 15) is 0 Å². The maximum absolute atomic E-state index is 5.43. The molecular weight excluding hydrogens is 314 g/mol. The molecule has 0 bridgehead atoms. The van der Waals surface area contributed by atoms with E-state index in [2.05, 4.69) is 46.7 Å². The second-order valence-electron chi connectivity index (χ2n) is 6.15. The molecule has 25 heavy (non-hydrogen) atoms. The molecule has 1 aliphatic carbocycles. The summed E-state index contributed by atoms with van der Waals surface area (Å²) in [5.74, 6) is 2.36. The highest BCUT2D eigenvalue weighted by molar-refractivity contribution is 5.81. The van der Waals surface area contributed by atoms with Gasteiger partial charge in [0.1, 0.15) is 0 Å². The van der Waals surface area contributed by atoms with E-state index in [0.717, 1.165) is 47.1 Å². The van der Waals surface area contributed by atoms with Crippen molar-refractivity contribution in [1.82, 2.24) is 10.2 Å². The van der Waals surface area contributed by atoms with Gasteiger partial charge in [0.05, 0.1) is 19.9 Å². The zero-order valence-corrected chi connectivity index (χ0v) is 14.6. The second-order valence-corrected chi connectivity index (χ2v) is 6.15. The Morgan fingerprint density at radius 2 is 1.92 bits per heavy atom. The van der Waals surface area contributed by atoms with Gasteiger partial charge in [0.2, 0.25) is 0 Å². The van der Waals surface area contributed by atoms with Crippen molar-refractivity contribution in [2.24, 2.45) is 0 Å². The first-order valence-corrected chi connectivity index (χ1v) is 8.42. The molecular formula is C20H21N3O2. The molecule has 0 radical (unpaired) electrons. The summed E-state index contributed by atoms with van der Waals surface area (Å²) in [5, 5.41) is 11.1. The second kappa shape index (κ2) is 6.16. The number of aromatic amines is 1. The Kier molecular flexibility index (Phi) is 3.84. The number of fused-ring (bicyclic) bond motifs is 3. The Morgan fingerprint density at radius 3 is 2.68 bits per heavy atom. The van der Waals surface area contributed by atoms with E-state index in [1.807, 2.05) is 12.1 Å². The van der Waals surface area contributed by atoms with Crippen LogP contribution >= 0.6 is 0 Å². The molecule has 1 heterocycles. The van der Waals surface area contributed by atoms with E-state index in [-0.39, 0.29) is 0 Å². The summed E-state index contributed by atoms with van der Waals surface area (Å²) < 4.78 is 10.9. The minimum atomic E-state index is 0.730. The Hall–Kier alpha value is -2.95. The Morgan fingerprint density at radius 1 is 1.12 bits per heavy atom. The molecule has 0 spiro atoms. The van der Waals surface area contributed by atoms with Crippen molar-refractivity contribution in [3.63, 3.8) is 0 Å². The van der Waals surface area contributed by atoms with Gasteiger partial charge in [0, 0.05) is 23.2 Å². The van der Waals surface area contributed by atoms with Gasteiger partial charge in [-0.15, -0.1) is 0 Å². The van der Waals surface area contributed by atoms with Crippen molar-refractivity contribution in [2.45, 2.75) is 19.8 Å². The third-order valence-corrected chi connectivity index (χ3v) is 4.71. The van der Waals surface area contributed by atoms with Crippen LogP contribution in [0.5, 0.6) is 11.5 Å². The van der Waals surface area contributed by atoms with Crippen molar-refractivity contribution < 1.29 is 9.47 Å². The number of hydrogen-bond donors (Lipinski definition) is 2. The van der Waals surface area contributed by atoms with Crippen LogP contribution in [-0.2, 0) is 12.8 Å². The van der Waals surface area contributed by atoms with Crippen LogP contribution in [-0.4, -0.2) is 24.4 Å². The van der Waals surface area contributed by atoms with Crippen molar-refractivity contribution in [1.29, 1.82) is 0 Å². The van der Waals surface area contributed by atoms with Crippen LogP contribution in [0.25, 0.3) is 11.3 Å². The van der Waals surface area contributed by atoms with E-state index in [1.54, 1.807) is 14.2 Å². The van der Waals surface area contributed by atoms with Gasteiger partial charge in [-0.3, -0.25) is 5.10 Å². The van der Waals surface area contributed by atoms with Crippen molar-refractivity contribution >= 4 is 11.5 Å². The summed E-state index contributed by atoms with van der Waals surface area (Å²) in [4.78, 5) is 0. The summed E-state index contributed by atoms with van der Waals surface area (Å²) in [6.07, 6.45) is 1.83. The van der Waals surface area contributed by atoms with Gasteiger partial charge in [-0.2, -0.15) is 5.10 Å². The van der Waals surface area contributed by atoms with Crippen molar-refractivity contribution in [3.8, 4) is 22.8 Å². The number of ether oxygens (including phenoxy) is 2. The average molecular weight is 335 g/mol. The highest BCUT2D eigenvalue weighted by Crippen LogP contribution is 2.44. The standard InChI is InChI=1S/C20H21N3O2/c1-4-12-6-5-7-14(8-12)21-20-16-9-13-10-17(24-2)18(25-3)11-15(13)19(16)22-23-20/h5-8,10-11H,4,9H2,1-3H3,(H2,21,22,23). The van der Waals surface area contributed by atoms with E-state index < -0.39 is 0 Å². The number of methoxy groups -OCH3 is 2. The first-order valence-electron chi connectivity index (χ1n) is 8.42. The largest absolute Gasteiger partial charge is 0.493 e. The Bertz CT molecular complexity index is 931. The SMILES string of the molecule is CCc1cccc(Nc2n[nH]c3c2Cc2cc(OC)c(OC)cc2-3)c1. The predicted octanol–water partition coefficient (Wildman–Crippen LogP) is 4.30. The summed E-state index contributed by atoms with van der Waals surface area (Å²) >= 11 is 0. The number of nitrogens with zero attached hydrogens (tertiary/aromatic N) is 1. The summed E-state index contributed by atoms with van der Waals surface area (Å²) in [5.41, 5.74) is 6.91. The lowest BCUT2D eigenvalue weighted by Gasteiger charge is -2.10. The summed E-state index contributed by atoms with van der Waals surface area (Å²) in [7, 11) is 3.31. The van der Waals surface area contributed by atoms with Crippen LogP contribution in [0, 0.1) is 0 Å². The molecule has 0 saturated carbocycles. The molecule has 0 fully saturated rings. The smallest absolute Gasteiger partial charge is 0.161 e. The van der Waals surface area contributed by atoms with Crippen LogP contribution in [0.15, 0.2) is 36.4 Å². The highest BCUT2D eigenvalue weighted by atomic mass is 16.5. The molecule has 1 aromatic heterocycles. The minimum Gasteiger partial charge on any atom is -0.493 e. The van der Waals surface area contributed by atoms with Gasteiger partial charge >= 0.3 is 0 Å². The maximum Gasteiger partial charge on any atom is 0.161 e. The average Bonchev–Trinajstić information content (AvgIpc) is 3.20. The molecule has 0 atom stereocenters. The number of H-pyrrole nitrogens is 1. The van der Waals surface area contributed by atoms with Crippen molar-refractivity contribution in [2.75, 3.05) is 19.5 Å². The molecule has 0 amide bonds. The number of aryl methyl sites for hydroxylation is 1. The fourth-order valence-electron chi connectivity index (χ4n) is 3.36. The van der Waals surface area contributed by atoms with Gasteiger partial charge < -0.3 is 14.8 Å². The molecule has 1 aliphatic rings. The molecule has 2 aromatic carbocycles. The quantitative estimate of drug-likeness (QED) is 0.571. The molecule has 3 aromatic rings. The molecule has 5 nitrogen and oxygen atoms in total. The zero-order valence-electron chi connectivity index (χ0n) is 14.6. The lowest BCUT2D eigenvalue weighted by atomic mass is 10.1. The van der Waals surface area contributed by atoms with Gasteiger partial charge in [-0.1, -0.05) is 19.1 Å². The van der Waals surface area contributed by atoms with Gasteiger partial charge in [-0.25, -0.2) is 0 Å². The number of aromatic nitrogens is 2. The fraction of sp³-hybridized carbons (Fsp3) is 0.250. The molecule has 0 saturated heterocycles. The fourth-order valence-corrected chi connectivity index (χ4v) is 3.36. The van der Waals surface area contributed by atoms with E-state index >= 15 is 0 Å². The van der Waals surface area contributed by atoms with Crippen LogP contribution < -0.4 is 14.8 Å². The lowest BCUT2D eigenvalue weighted by Crippen LogP contribution is -1.96. The lowest BCUT2D eigenvalue weighted by molar-refractivity contribution is 0.355. The monoisotopic (exact) mass is 335 g/mol. The first kappa shape index (κ1) is 15.6. The minimum absolute atomic E-state index is 0.730. The molecule has 0 aliphatic heterocycles. The van der Waals surface area contributed by atoms with E-state index in [1.165, 1.54) is 16.7 Å². The van der Waals surface area contributed by atoms with Crippen LogP contribution in [0.2, 0.25) is 0 Å². The number of benzene rings is 2. The normalized spacial score (nSPS) is 11.8. The van der Waals surface area contributed by atoms with Gasteiger partial charge in [0.25, 0.3) is 0 Å². The molecule has 5 heteroatoms. The topological polar surface area (TPSA) is 59.2 Å². The Balaban J connectivity index is 1.69. The third kappa shape index (κ3) is 2.61. The van der Waals surface area contributed by atoms with Crippen molar-refractivity contribution in [3.05, 3.63) is 53.1 Å². The Labute approximate surface area is 147 Å². The molecule has 128 valence electrons. The van der Waals surface area contributed by atoms with Crippen LogP contribution in [0.1, 0.15) is 23.6 Å². The van der Waals surface area contributed by atoms with E-state index in [0.29, 0.717) is 0 Å². The molecule has 2 N–H and O–H groups in total. The number of rotatable bonds is 5. The predicted molar refractivity (Wildman–Crippen MR) is 99.0 cm³/mol.